The standard InChI is InChI=1S/C10H15NO3/c1-7-4-5-11-6-8(7)9(12)10(13-2)14-3/h4-6,9-10,12H,1-3H3. The third-order valence-electron chi connectivity index (χ3n) is 2.12. The third kappa shape index (κ3) is 2.29. The molecule has 1 aromatic rings. The number of pyridine rings is 1. The molecule has 1 heterocycles. The SMILES string of the molecule is COC(OC)C(O)c1cnccc1C. The molecule has 0 saturated carbocycles. The average Bonchev–Trinajstić information content (AvgIpc) is 2.20. The topological polar surface area (TPSA) is 51.6 Å². The first-order valence-corrected chi connectivity index (χ1v) is 4.35. The highest BCUT2D eigenvalue weighted by molar-refractivity contribution is 5.24. The zero-order chi connectivity index (χ0) is 10.6. The largest absolute Gasteiger partial charge is 0.383 e. The lowest BCUT2D eigenvalue weighted by atomic mass is 10.1. The molecule has 0 spiro atoms. The number of rotatable bonds is 4. The van der Waals surface area contributed by atoms with Crippen LogP contribution in [0.5, 0.6) is 0 Å². The molecular formula is C10H15NO3. The van der Waals surface area contributed by atoms with Crippen molar-refractivity contribution in [2.24, 2.45) is 0 Å². The lowest BCUT2D eigenvalue weighted by Crippen LogP contribution is -2.23. The monoisotopic (exact) mass is 197 g/mol. The normalized spacial score (nSPS) is 13.2. The number of aromatic nitrogens is 1. The predicted octanol–water partition coefficient (Wildman–Crippen LogP) is 1.04. The number of aliphatic hydroxyl groups excluding tert-OH is 1. The summed E-state index contributed by atoms with van der Waals surface area (Å²) in [6.07, 6.45) is 1.84. The number of nitrogens with zero attached hydrogens (tertiary/aromatic N) is 1. The minimum atomic E-state index is -0.807. The Bertz CT molecular complexity index is 286. The Labute approximate surface area is 83.5 Å². The Morgan fingerprint density at radius 1 is 1.36 bits per heavy atom. The number of hydrogen-bond acceptors (Lipinski definition) is 4. The summed E-state index contributed by atoms with van der Waals surface area (Å²) in [7, 11) is 2.98. The first kappa shape index (κ1) is 11.1. The van der Waals surface area contributed by atoms with Crippen LogP contribution in [-0.2, 0) is 9.47 Å². The fourth-order valence-electron chi connectivity index (χ4n) is 1.29. The number of ether oxygens (including phenoxy) is 2. The lowest BCUT2D eigenvalue weighted by Gasteiger charge is -2.21. The summed E-state index contributed by atoms with van der Waals surface area (Å²) in [6.45, 7) is 1.91. The van der Waals surface area contributed by atoms with Crippen LogP contribution >= 0.6 is 0 Å². The smallest absolute Gasteiger partial charge is 0.187 e. The molecule has 1 aromatic heterocycles. The summed E-state index contributed by atoms with van der Waals surface area (Å²) in [5.74, 6) is 0. The second-order valence-corrected chi connectivity index (χ2v) is 3.02. The summed E-state index contributed by atoms with van der Waals surface area (Å²) >= 11 is 0. The number of aliphatic hydroxyl groups is 1. The molecule has 1 N–H and O–H groups in total. The van der Waals surface area contributed by atoms with Crippen molar-refractivity contribution in [1.29, 1.82) is 0 Å². The molecule has 0 bridgehead atoms. The highest BCUT2D eigenvalue weighted by Gasteiger charge is 2.21. The van der Waals surface area contributed by atoms with Crippen molar-refractivity contribution < 1.29 is 14.6 Å². The molecule has 1 atom stereocenters. The quantitative estimate of drug-likeness (QED) is 0.733. The van der Waals surface area contributed by atoms with E-state index in [0.717, 1.165) is 11.1 Å². The second kappa shape index (κ2) is 5.05. The van der Waals surface area contributed by atoms with E-state index < -0.39 is 12.4 Å². The lowest BCUT2D eigenvalue weighted by molar-refractivity contribution is -0.166. The minimum Gasteiger partial charge on any atom is -0.383 e. The molecule has 0 radical (unpaired) electrons. The average molecular weight is 197 g/mol. The van der Waals surface area contributed by atoms with E-state index in [1.165, 1.54) is 14.2 Å². The first-order chi connectivity index (χ1) is 6.70. The Balaban J connectivity index is 2.88. The van der Waals surface area contributed by atoms with E-state index in [9.17, 15) is 5.11 Å². The van der Waals surface area contributed by atoms with Crippen molar-refractivity contribution in [3.05, 3.63) is 29.6 Å². The molecule has 78 valence electrons. The van der Waals surface area contributed by atoms with Gasteiger partial charge in [0.05, 0.1) is 0 Å². The van der Waals surface area contributed by atoms with Crippen LogP contribution < -0.4 is 0 Å². The Hall–Kier alpha value is -0.970. The van der Waals surface area contributed by atoms with Gasteiger partial charge in [-0.1, -0.05) is 0 Å². The van der Waals surface area contributed by atoms with Crippen molar-refractivity contribution in [2.45, 2.75) is 19.3 Å². The highest BCUT2D eigenvalue weighted by Crippen LogP contribution is 2.21. The van der Waals surface area contributed by atoms with E-state index in [-0.39, 0.29) is 0 Å². The van der Waals surface area contributed by atoms with E-state index in [0.29, 0.717) is 0 Å². The van der Waals surface area contributed by atoms with E-state index in [1.54, 1.807) is 12.4 Å². The Morgan fingerprint density at radius 3 is 2.50 bits per heavy atom. The van der Waals surface area contributed by atoms with Gasteiger partial charge in [-0.3, -0.25) is 4.98 Å². The summed E-state index contributed by atoms with van der Waals surface area (Å²) in [6, 6.07) is 1.83. The van der Waals surface area contributed by atoms with Gasteiger partial charge in [-0.15, -0.1) is 0 Å². The van der Waals surface area contributed by atoms with Crippen LogP contribution in [0.2, 0.25) is 0 Å². The molecule has 0 aliphatic carbocycles. The van der Waals surface area contributed by atoms with Crippen molar-refractivity contribution in [2.75, 3.05) is 14.2 Å². The fourth-order valence-corrected chi connectivity index (χ4v) is 1.29. The molecule has 0 amide bonds. The molecule has 14 heavy (non-hydrogen) atoms. The molecule has 0 aromatic carbocycles. The molecule has 0 aliphatic heterocycles. The second-order valence-electron chi connectivity index (χ2n) is 3.02. The predicted molar refractivity (Wildman–Crippen MR) is 51.7 cm³/mol. The van der Waals surface area contributed by atoms with Gasteiger partial charge in [0.2, 0.25) is 0 Å². The summed E-state index contributed by atoms with van der Waals surface area (Å²) in [4.78, 5) is 3.95. The van der Waals surface area contributed by atoms with Gasteiger partial charge in [0.1, 0.15) is 6.10 Å². The maximum Gasteiger partial charge on any atom is 0.187 e. The van der Waals surface area contributed by atoms with Crippen LogP contribution in [0, 0.1) is 6.92 Å². The van der Waals surface area contributed by atoms with Crippen LogP contribution in [0.4, 0.5) is 0 Å². The first-order valence-electron chi connectivity index (χ1n) is 4.35. The van der Waals surface area contributed by atoms with E-state index >= 15 is 0 Å². The van der Waals surface area contributed by atoms with Crippen molar-refractivity contribution >= 4 is 0 Å². The van der Waals surface area contributed by atoms with Crippen LogP contribution in [0.3, 0.4) is 0 Å². The molecule has 0 saturated heterocycles. The third-order valence-corrected chi connectivity index (χ3v) is 2.12. The zero-order valence-corrected chi connectivity index (χ0v) is 8.60. The zero-order valence-electron chi connectivity index (χ0n) is 8.60. The number of aryl methyl sites for hydroxylation is 1. The van der Waals surface area contributed by atoms with Crippen LogP contribution in [0.25, 0.3) is 0 Å². The van der Waals surface area contributed by atoms with Crippen LogP contribution in [0.15, 0.2) is 18.5 Å². The maximum atomic E-state index is 9.87. The van der Waals surface area contributed by atoms with Gasteiger partial charge in [-0.2, -0.15) is 0 Å². The van der Waals surface area contributed by atoms with E-state index in [2.05, 4.69) is 4.98 Å². The van der Waals surface area contributed by atoms with Crippen molar-refractivity contribution in [3.63, 3.8) is 0 Å². The van der Waals surface area contributed by atoms with Crippen molar-refractivity contribution in [1.82, 2.24) is 4.98 Å². The van der Waals surface area contributed by atoms with Gasteiger partial charge < -0.3 is 14.6 Å². The molecule has 0 fully saturated rings. The summed E-state index contributed by atoms with van der Waals surface area (Å²) in [5.41, 5.74) is 1.69. The molecule has 4 nitrogen and oxygen atoms in total. The van der Waals surface area contributed by atoms with Crippen LogP contribution in [0.1, 0.15) is 17.2 Å². The van der Waals surface area contributed by atoms with E-state index in [4.69, 9.17) is 9.47 Å². The Kier molecular flexibility index (Phi) is 4.00. The van der Waals surface area contributed by atoms with Gasteiger partial charge >= 0.3 is 0 Å². The molecule has 4 heteroatoms. The number of hydrogen-bond donors (Lipinski definition) is 1. The summed E-state index contributed by atoms with van der Waals surface area (Å²) in [5, 5.41) is 9.87. The maximum absolute atomic E-state index is 9.87. The molecule has 0 aliphatic rings. The molecule has 1 unspecified atom stereocenters. The van der Waals surface area contributed by atoms with Gasteiger partial charge in [0, 0.05) is 32.2 Å². The van der Waals surface area contributed by atoms with Gasteiger partial charge in [-0.25, -0.2) is 0 Å². The van der Waals surface area contributed by atoms with Crippen molar-refractivity contribution in [3.8, 4) is 0 Å². The summed E-state index contributed by atoms with van der Waals surface area (Å²) < 4.78 is 9.94. The van der Waals surface area contributed by atoms with E-state index in [1.807, 2.05) is 13.0 Å². The van der Waals surface area contributed by atoms with Gasteiger partial charge in [0.25, 0.3) is 0 Å². The molecule has 1 rings (SSSR count). The van der Waals surface area contributed by atoms with Gasteiger partial charge in [-0.05, 0) is 18.6 Å². The highest BCUT2D eigenvalue weighted by atomic mass is 16.7. The fraction of sp³-hybridized carbons (Fsp3) is 0.500. The molecular weight excluding hydrogens is 182 g/mol. The van der Waals surface area contributed by atoms with Crippen LogP contribution in [-0.4, -0.2) is 30.6 Å². The number of methoxy groups -OCH3 is 2. The minimum absolute atomic E-state index is 0.655. The Morgan fingerprint density at radius 2 is 2.00 bits per heavy atom. The van der Waals surface area contributed by atoms with Gasteiger partial charge in [0.15, 0.2) is 6.29 Å².